The third kappa shape index (κ3) is 2.71. The lowest BCUT2D eigenvalue weighted by atomic mass is 10.0. The molecule has 2 nitrogen and oxygen atoms in total. The van der Waals surface area contributed by atoms with Gasteiger partial charge in [-0.2, -0.15) is 0 Å². The second-order valence-electron chi connectivity index (χ2n) is 6.76. The summed E-state index contributed by atoms with van der Waals surface area (Å²) in [5, 5.41) is 1.13. The number of H-pyrrole nitrogens is 1. The molecule has 3 heteroatoms. The third-order valence-electron chi connectivity index (χ3n) is 4.91. The fourth-order valence-corrected chi connectivity index (χ4v) is 4.59. The van der Waals surface area contributed by atoms with Gasteiger partial charge in [0, 0.05) is 26.9 Å². The van der Waals surface area contributed by atoms with E-state index in [4.69, 9.17) is 0 Å². The number of para-hydroxylation sites is 1. The molecule has 0 spiro atoms. The van der Waals surface area contributed by atoms with E-state index in [2.05, 4.69) is 35.3 Å². The minimum atomic E-state index is 0.114. The van der Waals surface area contributed by atoms with Crippen LogP contribution in [0, 0.1) is 6.92 Å². The molecule has 5 rings (SSSR count). The van der Waals surface area contributed by atoms with Crippen molar-refractivity contribution in [3.63, 3.8) is 0 Å². The first-order valence-corrected chi connectivity index (χ1v) is 9.73. The van der Waals surface area contributed by atoms with Gasteiger partial charge in [-0.1, -0.05) is 71.9 Å². The summed E-state index contributed by atoms with van der Waals surface area (Å²) in [7, 11) is 0. The van der Waals surface area contributed by atoms with Crippen molar-refractivity contribution in [3.8, 4) is 11.3 Å². The molecule has 4 aromatic rings. The number of carbonyl (C=O) groups excluding carboxylic acids is 1. The Morgan fingerprint density at radius 1 is 0.926 bits per heavy atom. The Hall–Kier alpha value is -3.04. The van der Waals surface area contributed by atoms with E-state index in [-0.39, 0.29) is 5.78 Å². The molecular formula is C24H17NOS. The zero-order chi connectivity index (χ0) is 18.4. The van der Waals surface area contributed by atoms with Gasteiger partial charge in [0.15, 0.2) is 0 Å². The summed E-state index contributed by atoms with van der Waals surface area (Å²) in [6.07, 6.45) is 2.05. The van der Waals surface area contributed by atoms with Gasteiger partial charge in [-0.05, 0) is 36.8 Å². The van der Waals surface area contributed by atoms with E-state index in [1.54, 1.807) is 11.8 Å². The number of aryl methyl sites for hydroxylation is 1. The number of rotatable bonds is 2. The molecule has 0 atom stereocenters. The topological polar surface area (TPSA) is 32.9 Å². The van der Waals surface area contributed by atoms with Crippen LogP contribution >= 0.6 is 11.8 Å². The van der Waals surface area contributed by atoms with Crippen LogP contribution in [0.4, 0.5) is 0 Å². The molecule has 130 valence electrons. The Bertz CT molecular complexity index is 1220. The molecule has 1 aliphatic rings. The fraction of sp³-hybridized carbons (Fsp3) is 0.0417. The molecule has 0 unspecified atom stereocenters. The highest BCUT2D eigenvalue weighted by Gasteiger charge is 2.26. The molecule has 2 heterocycles. The first-order valence-electron chi connectivity index (χ1n) is 8.92. The lowest BCUT2D eigenvalue weighted by Crippen LogP contribution is -1.94. The smallest absolute Gasteiger partial charge is 0.200 e. The van der Waals surface area contributed by atoms with Gasteiger partial charge in [-0.15, -0.1) is 0 Å². The van der Waals surface area contributed by atoms with Crippen molar-refractivity contribution in [2.75, 3.05) is 0 Å². The largest absolute Gasteiger partial charge is 0.354 e. The van der Waals surface area contributed by atoms with E-state index >= 15 is 0 Å². The van der Waals surface area contributed by atoms with Crippen LogP contribution in [0.3, 0.4) is 0 Å². The van der Waals surface area contributed by atoms with Crippen molar-refractivity contribution < 1.29 is 4.79 Å². The van der Waals surface area contributed by atoms with Crippen LogP contribution in [0.5, 0.6) is 0 Å². The highest BCUT2D eigenvalue weighted by Crippen LogP contribution is 2.43. The van der Waals surface area contributed by atoms with Crippen molar-refractivity contribution in [3.05, 3.63) is 94.4 Å². The number of aromatic nitrogens is 1. The Labute approximate surface area is 161 Å². The summed E-state index contributed by atoms with van der Waals surface area (Å²) >= 11 is 1.56. The number of hydrogen-bond acceptors (Lipinski definition) is 2. The molecule has 0 saturated carbocycles. The van der Waals surface area contributed by atoms with Gasteiger partial charge in [0.25, 0.3) is 0 Å². The minimum Gasteiger partial charge on any atom is -0.354 e. The molecule has 3 aromatic carbocycles. The number of thioether (sulfide) groups is 1. The normalized spacial score (nSPS) is 14.9. The number of allylic oxidation sites excluding steroid dienone is 1. The van der Waals surface area contributed by atoms with E-state index in [1.165, 1.54) is 0 Å². The first kappa shape index (κ1) is 16.2. The summed E-state index contributed by atoms with van der Waals surface area (Å²) in [5.41, 5.74) is 6.23. The van der Waals surface area contributed by atoms with Gasteiger partial charge in [0.1, 0.15) is 0 Å². The van der Waals surface area contributed by atoms with Crippen molar-refractivity contribution in [2.45, 2.75) is 11.8 Å². The van der Waals surface area contributed by atoms with Gasteiger partial charge >= 0.3 is 0 Å². The summed E-state index contributed by atoms with van der Waals surface area (Å²) < 4.78 is 0. The second-order valence-corrected chi connectivity index (χ2v) is 7.85. The van der Waals surface area contributed by atoms with Crippen LogP contribution < -0.4 is 0 Å². The van der Waals surface area contributed by atoms with Crippen LogP contribution in [-0.2, 0) is 0 Å². The predicted octanol–water partition coefficient (Wildman–Crippen LogP) is 6.47. The summed E-state index contributed by atoms with van der Waals surface area (Å²) in [6.45, 7) is 2.02. The first-order chi connectivity index (χ1) is 13.2. The molecule has 1 aromatic heterocycles. The summed E-state index contributed by atoms with van der Waals surface area (Å²) in [4.78, 5) is 18.3. The average molecular weight is 367 g/mol. The number of nitrogens with one attached hydrogen (secondary N) is 1. The zero-order valence-corrected chi connectivity index (χ0v) is 15.6. The maximum atomic E-state index is 13.0. The molecule has 1 N–H and O–H groups in total. The number of Topliss-reactive ketones (excluding diaryl/α,β-unsaturated/α-hetero) is 1. The van der Waals surface area contributed by atoms with Crippen LogP contribution in [0.15, 0.2) is 82.6 Å². The number of aromatic amines is 1. The zero-order valence-electron chi connectivity index (χ0n) is 14.8. The lowest BCUT2D eigenvalue weighted by Gasteiger charge is -2.02. The minimum absolute atomic E-state index is 0.114. The van der Waals surface area contributed by atoms with E-state index in [9.17, 15) is 4.79 Å². The second kappa shape index (κ2) is 6.29. The van der Waals surface area contributed by atoms with Crippen LogP contribution in [0.1, 0.15) is 21.5 Å². The molecule has 1 aliphatic heterocycles. The Morgan fingerprint density at radius 3 is 2.56 bits per heavy atom. The van der Waals surface area contributed by atoms with Crippen molar-refractivity contribution >= 4 is 34.5 Å². The van der Waals surface area contributed by atoms with Crippen LogP contribution in [0.2, 0.25) is 0 Å². The Morgan fingerprint density at radius 2 is 1.70 bits per heavy atom. The van der Waals surface area contributed by atoms with Crippen LogP contribution in [0.25, 0.3) is 28.2 Å². The number of fused-ring (bicyclic) bond motifs is 2. The molecule has 0 bridgehead atoms. The Balaban J connectivity index is 1.70. The van der Waals surface area contributed by atoms with Crippen molar-refractivity contribution in [1.82, 2.24) is 4.98 Å². The van der Waals surface area contributed by atoms with E-state index in [0.29, 0.717) is 0 Å². The molecule has 0 radical (unpaired) electrons. The highest BCUT2D eigenvalue weighted by atomic mass is 32.2. The van der Waals surface area contributed by atoms with Gasteiger partial charge in [0.05, 0.1) is 10.6 Å². The van der Waals surface area contributed by atoms with E-state index < -0.39 is 0 Å². The predicted molar refractivity (Wildman–Crippen MR) is 113 cm³/mol. The third-order valence-corrected chi connectivity index (χ3v) is 6.01. The highest BCUT2D eigenvalue weighted by molar-refractivity contribution is 8.04. The van der Waals surface area contributed by atoms with Crippen molar-refractivity contribution in [1.29, 1.82) is 0 Å². The SMILES string of the molecule is Cc1ccc2c(c1)C(=O)C(=Cc1c(-c3ccccc3)[nH]c3ccccc13)S2. The van der Waals surface area contributed by atoms with Gasteiger partial charge < -0.3 is 4.98 Å². The standard InChI is InChI=1S/C24H17NOS/c1-15-11-12-21-19(13-15)24(26)22(27-21)14-18-17-9-5-6-10-20(17)25-23(18)16-7-3-2-4-8-16/h2-14,25H,1H3. The quantitative estimate of drug-likeness (QED) is 0.412. The fourth-order valence-electron chi connectivity index (χ4n) is 3.58. The molecule has 0 fully saturated rings. The van der Waals surface area contributed by atoms with Crippen LogP contribution in [-0.4, -0.2) is 10.8 Å². The maximum absolute atomic E-state index is 13.0. The van der Waals surface area contributed by atoms with Crippen molar-refractivity contribution in [2.24, 2.45) is 0 Å². The maximum Gasteiger partial charge on any atom is 0.200 e. The molecule has 0 amide bonds. The molecule has 27 heavy (non-hydrogen) atoms. The van der Waals surface area contributed by atoms with Gasteiger partial charge in [-0.3, -0.25) is 4.79 Å². The number of ketones is 1. The van der Waals surface area contributed by atoms with E-state index in [0.717, 1.165) is 48.7 Å². The molecule has 0 aliphatic carbocycles. The number of hydrogen-bond donors (Lipinski definition) is 1. The molecule has 0 saturated heterocycles. The molecular weight excluding hydrogens is 350 g/mol. The lowest BCUT2D eigenvalue weighted by molar-refractivity contribution is 0.104. The van der Waals surface area contributed by atoms with Gasteiger partial charge in [0.2, 0.25) is 5.78 Å². The summed E-state index contributed by atoms with van der Waals surface area (Å²) in [5.74, 6) is 0.114. The van der Waals surface area contributed by atoms with Gasteiger partial charge in [-0.25, -0.2) is 0 Å². The Kier molecular flexibility index (Phi) is 3.76. The monoisotopic (exact) mass is 367 g/mol. The number of carbonyl (C=O) groups is 1. The number of benzene rings is 3. The summed E-state index contributed by atoms with van der Waals surface area (Å²) in [6, 6.07) is 24.6. The van der Waals surface area contributed by atoms with E-state index in [1.807, 2.05) is 55.5 Å². The average Bonchev–Trinajstić information content (AvgIpc) is 3.21.